The summed E-state index contributed by atoms with van der Waals surface area (Å²) in [5.74, 6) is -1.02. The number of rotatable bonds is 1. The smallest absolute Gasteiger partial charge is 0.335 e. The lowest BCUT2D eigenvalue weighted by atomic mass is 10.2. The minimum absolute atomic E-state index is 0.113. The molecular formula is C7H11N2O5P. The number of benzene rings is 1. The molecule has 0 fully saturated rings. The number of carboxylic acids is 1. The Kier molecular flexibility index (Phi) is 5.40. The van der Waals surface area contributed by atoms with Gasteiger partial charge in [0.2, 0.25) is 0 Å². The molecule has 1 rings (SSSR count). The topological polar surface area (TPSA) is 147 Å². The highest BCUT2D eigenvalue weighted by molar-refractivity contribution is 7.30. The third-order valence-corrected chi connectivity index (χ3v) is 1.22. The van der Waals surface area contributed by atoms with Crippen molar-refractivity contribution in [3.63, 3.8) is 0 Å². The molecule has 0 amide bonds. The Balaban J connectivity index is 0.000000423. The van der Waals surface area contributed by atoms with Crippen LogP contribution in [-0.2, 0) is 4.57 Å². The minimum Gasteiger partial charge on any atom is -0.478 e. The standard InChI is InChI=1S/C7H8N2O2.H3O3P/c8-5-1-4(7(10)11)2-6(9)3-5;1-4(2)3/h1-3H,8-9H2,(H,10,11);4H,(H2,1,2,3). The van der Waals surface area contributed by atoms with E-state index in [2.05, 4.69) is 0 Å². The molecule has 0 aromatic heterocycles. The second-order valence-electron chi connectivity index (χ2n) is 2.48. The number of carbonyl (C=O) groups is 1. The molecule has 0 aliphatic heterocycles. The van der Waals surface area contributed by atoms with E-state index < -0.39 is 14.2 Å². The van der Waals surface area contributed by atoms with E-state index in [9.17, 15) is 4.79 Å². The van der Waals surface area contributed by atoms with Crippen LogP contribution < -0.4 is 11.5 Å². The highest BCUT2D eigenvalue weighted by atomic mass is 31.1. The van der Waals surface area contributed by atoms with Crippen molar-refractivity contribution >= 4 is 25.6 Å². The van der Waals surface area contributed by atoms with Crippen LogP contribution >= 0.6 is 8.25 Å². The molecular weight excluding hydrogens is 223 g/mol. The van der Waals surface area contributed by atoms with E-state index in [1.807, 2.05) is 0 Å². The summed E-state index contributed by atoms with van der Waals surface area (Å²) in [4.78, 5) is 24.7. The average Bonchev–Trinajstić information content (AvgIpc) is 2.00. The third-order valence-electron chi connectivity index (χ3n) is 1.22. The number of hydrogen-bond acceptors (Lipinski definition) is 4. The molecule has 0 radical (unpaired) electrons. The third kappa shape index (κ3) is 6.50. The zero-order chi connectivity index (χ0) is 12.0. The van der Waals surface area contributed by atoms with E-state index in [4.69, 9.17) is 30.9 Å². The molecule has 0 atom stereocenters. The average molecular weight is 234 g/mol. The van der Waals surface area contributed by atoms with Crippen LogP contribution in [0.3, 0.4) is 0 Å². The number of nitrogen functional groups attached to an aromatic ring is 2. The quantitative estimate of drug-likeness (QED) is 0.337. The van der Waals surface area contributed by atoms with Crippen molar-refractivity contribution in [2.75, 3.05) is 11.5 Å². The lowest BCUT2D eigenvalue weighted by Gasteiger charge is -1.98. The van der Waals surface area contributed by atoms with E-state index in [1.54, 1.807) is 0 Å². The van der Waals surface area contributed by atoms with Gasteiger partial charge in [-0.1, -0.05) is 0 Å². The zero-order valence-corrected chi connectivity index (χ0v) is 8.54. The highest BCUT2D eigenvalue weighted by Gasteiger charge is 2.02. The van der Waals surface area contributed by atoms with Gasteiger partial charge < -0.3 is 26.4 Å². The summed E-state index contributed by atoms with van der Waals surface area (Å²) in [6.07, 6.45) is 0. The Morgan fingerprint density at radius 3 is 1.73 bits per heavy atom. The van der Waals surface area contributed by atoms with Crippen molar-refractivity contribution in [3.8, 4) is 0 Å². The Morgan fingerprint density at radius 2 is 1.47 bits per heavy atom. The van der Waals surface area contributed by atoms with E-state index in [-0.39, 0.29) is 5.56 Å². The van der Waals surface area contributed by atoms with E-state index >= 15 is 0 Å². The van der Waals surface area contributed by atoms with Gasteiger partial charge in [-0.05, 0) is 18.2 Å². The Labute approximate surface area is 85.9 Å². The molecule has 15 heavy (non-hydrogen) atoms. The molecule has 1 aromatic carbocycles. The van der Waals surface area contributed by atoms with E-state index in [0.29, 0.717) is 11.4 Å². The number of carboxylic acid groups (broad SMARTS) is 1. The van der Waals surface area contributed by atoms with Crippen LogP contribution in [0.25, 0.3) is 0 Å². The fraction of sp³-hybridized carbons (Fsp3) is 0. The molecule has 0 aliphatic rings. The lowest BCUT2D eigenvalue weighted by molar-refractivity contribution is 0.0697. The maximum absolute atomic E-state index is 10.4. The van der Waals surface area contributed by atoms with Crippen LogP contribution in [0.5, 0.6) is 0 Å². The van der Waals surface area contributed by atoms with Crippen LogP contribution in [0, 0.1) is 0 Å². The van der Waals surface area contributed by atoms with Crippen molar-refractivity contribution in [2.45, 2.75) is 0 Å². The summed E-state index contributed by atoms with van der Waals surface area (Å²) in [5, 5.41) is 8.52. The van der Waals surface area contributed by atoms with E-state index in [1.165, 1.54) is 18.2 Å². The first-order chi connectivity index (χ1) is 6.82. The van der Waals surface area contributed by atoms with Crippen LogP contribution in [-0.4, -0.2) is 20.9 Å². The van der Waals surface area contributed by atoms with Gasteiger partial charge in [-0.25, -0.2) is 4.79 Å². The molecule has 0 saturated carbocycles. The molecule has 1 aromatic rings. The molecule has 0 heterocycles. The van der Waals surface area contributed by atoms with Gasteiger partial charge in [0, 0.05) is 11.4 Å². The zero-order valence-electron chi connectivity index (χ0n) is 7.54. The molecule has 7 nitrogen and oxygen atoms in total. The first-order valence-electron chi connectivity index (χ1n) is 3.64. The summed E-state index contributed by atoms with van der Waals surface area (Å²) < 4.78 is 8.74. The van der Waals surface area contributed by atoms with Crippen molar-refractivity contribution in [1.29, 1.82) is 0 Å². The SMILES string of the molecule is Nc1cc(N)cc(C(=O)O)c1.O=[PH](O)O. The van der Waals surface area contributed by atoms with Gasteiger partial charge in [-0.3, -0.25) is 4.57 Å². The molecule has 8 heteroatoms. The Bertz CT molecular complexity index is 357. The first-order valence-corrected chi connectivity index (χ1v) is 4.94. The molecule has 84 valence electrons. The lowest BCUT2D eigenvalue weighted by Crippen LogP contribution is -1.99. The van der Waals surface area contributed by atoms with Gasteiger partial charge in [0.15, 0.2) is 0 Å². The van der Waals surface area contributed by atoms with Crippen LogP contribution in [0.4, 0.5) is 11.4 Å². The van der Waals surface area contributed by atoms with Crippen LogP contribution in [0.15, 0.2) is 18.2 Å². The Morgan fingerprint density at radius 1 is 1.13 bits per heavy atom. The largest absolute Gasteiger partial charge is 0.478 e. The maximum atomic E-state index is 10.4. The van der Waals surface area contributed by atoms with Crippen molar-refractivity contribution in [3.05, 3.63) is 23.8 Å². The van der Waals surface area contributed by atoms with Crippen molar-refractivity contribution in [2.24, 2.45) is 0 Å². The van der Waals surface area contributed by atoms with Gasteiger partial charge in [-0.2, -0.15) is 0 Å². The highest BCUT2D eigenvalue weighted by Crippen LogP contribution is 2.12. The molecule has 7 N–H and O–H groups in total. The second kappa shape index (κ2) is 6.02. The van der Waals surface area contributed by atoms with Crippen molar-refractivity contribution in [1.82, 2.24) is 0 Å². The molecule has 0 bridgehead atoms. The molecule has 0 aliphatic carbocycles. The van der Waals surface area contributed by atoms with Gasteiger partial charge in [0.25, 0.3) is 0 Å². The predicted molar refractivity (Wildman–Crippen MR) is 55.7 cm³/mol. The molecule has 0 saturated heterocycles. The fourth-order valence-electron chi connectivity index (χ4n) is 0.800. The summed E-state index contributed by atoms with van der Waals surface area (Å²) >= 11 is 0. The number of aromatic carboxylic acids is 1. The van der Waals surface area contributed by atoms with Gasteiger partial charge >= 0.3 is 14.2 Å². The minimum atomic E-state index is -3.13. The van der Waals surface area contributed by atoms with Crippen LogP contribution in [0.2, 0.25) is 0 Å². The number of nitrogens with two attached hydrogens (primary N) is 2. The normalized spacial score (nSPS) is 9.27. The van der Waals surface area contributed by atoms with E-state index in [0.717, 1.165) is 0 Å². The predicted octanol–water partition coefficient (Wildman–Crippen LogP) is -0.0901. The molecule has 0 spiro atoms. The first kappa shape index (κ1) is 13.4. The Hall–Kier alpha value is -1.56. The summed E-state index contributed by atoms with van der Waals surface area (Å²) in [6, 6.07) is 4.23. The van der Waals surface area contributed by atoms with Crippen molar-refractivity contribution < 1.29 is 24.3 Å². The van der Waals surface area contributed by atoms with Crippen LogP contribution in [0.1, 0.15) is 10.4 Å². The monoisotopic (exact) mass is 234 g/mol. The van der Waals surface area contributed by atoms with Gasteiger partial charge in [0.1, 0.15) is 0 Å². The number of anilines is 2. The number of hydrogen-bond donors (Lipinski definition) is 5. The van der Waals surface area contributed by atoms with Gasteiger partial charge in [0.05, 0.1) is 5.56 Å². The summed E-state index contributed by atoms with van der Waals surface area (Å²) in [7, 11) is -3.13. The van der Waals surface area contributed by atoms with Gasteiger partial charge in [-0.15, -0.1) is 0 Å². The molecule has 0 unspecified atom stereocenters. The summed E-state index contributed by atoms with van der Waals surface area (Å²) in [6.45, 7) is 0. The fourth-order valence-corrected chi connectivity index (χ4v) is 0.800. The second-order valence-corrected chi connectivity index (χ2v) is 3.04. The maximum Gasteiger partial charge on any atom is 0.335 e. The summed E-state index contributed by atoms with van der Waals surface area (Å²) in [5.41, 5.74) is 11.5.